The minimum absolute atomic E-state index is 0.136. The van der Waals surface area contributed by atoms with Crippen molar-refractivity contribution in [3.63, 3.8) is 0 Å². The normalized spacial score (nSPS) is 14.6. The topological polar surface area (TPSA) is 46.3 Å². The molecule has 0 radical (unpaired) electrons. The molecular formula is C28H28N2O2S. The second-order valence-electron chi connectivity index (χ2n) is 8.87. The van der Waals surface area contributed by atoms with Crippen LogP contribution in [-0.2, 0) is 12.2 Å². The molecule has 33 heavy (non-hydrogen) atoms. The van der Waals surface area contributed by atoms with Crippen LogP contribution in [-0.4, -0.2) is 28.9 Å². The molecule has 0 saturated carbocycles. The summed E-state index contributed by atoms with van der Waals surface area (Å²) < 4.78 is 5.85. The van der Waals surface area contributed by atoms with Crippen LogP contribution in [0, 0.1) is 12.8 Å². The number of oxazole rings is 1. The van der Waals surface area contributed by atoms with Crippen LogP contribution in [0.3, 0.4) is 0 Å². The Morgan fingerprint density at radius 1 is 1.00 bits per heavy atom. The Bertz CT molecular complexity index is 1240. The van der Waals surface area contributed by atoms with Gasteiger partial charge in [-0.3, -0.25) is 4.79 Å². The maximum absolute atomic E-state index is 13.1. The smallest absolute Gasteiger partial charge is 0.257 e. The summed E-state index contributed by atoms with van der Waals surface area (Å²) in [6.45, 7) is 3.71. The van der Waals surface area contributed by atoms with Gasteiger partial charge in [-0.2, -0.15) is 0 Å². The van der Waals surface area contributed by atoms with Crippen molar-refractivity contribution in [1.29, 1.82) is 0 Å². The van der Waals surface area contributed by atoms with Gasteiger partial charge in [-0.25, -0.2) is 4.98 Å². The van der Waals surface area contributed by atoms with E-state index in [1.54, 1.807) is 11.8 Å². The lowest BCUT2D eigenvalue weighted by atomic mass is 9.90. The van der Waals surface area contributed by atoms with Crippen molar-refractivity contribution in [2.75, 3.05) is 13.1 Å². The van der Waals surface area contributed by atoms with Crippen LogP contribution in [0.1, 0.15) is 39.9 Å². The van der Waals surface area contributed by atoms with E-state index in [4.69, 9.17) is 4.42 Å². The van der Waals surface area contributed by atoms with Gasteiger partial charge in [-0.1, -0.05) is 60.3 Å². The van der Waals surface area contributed by atoms with Crippen molar-refractivity contribution < 1.29 is 9.21 Å². The third-order valence-electron chi connectivity index (χ3n) is 6.33. The monoisotopic (exact) mass is 456 g/mol. The Morgan fingerprint density at radius 2 is 1.79 bits per heavy atom. The number of amides is 1. The van der Waals surface area contributed by atoms with E-state index in [0.717, 1.165) is 54.6 Å². The predicted molar refractivity (Wildman–Crippen MR) is 134 cm³/mol. The Hall–Kier alpha value is -3.05. The van der Waals surface area contributed by atoms with E-state index in [0.29, 0.717) is 16.9 Å². The molecule has 1 fully saturated rings. The quantitative estimate of drug-likeness (QED) is 0.310. The van der Waals surface area contributed by atoms with Gasteiger partial charge in [-0.15, -0.1) is 0 Å². The molecule has 0 N–H and O–H groups in total. The average Bonchev–Trinajstić information content (AvgIpc) is 3.26. The highest BCUT2D eigenvalue weighted by Gasteiger charge is 2.24. The molecule has 5 heteroatoms. The van der Waals surface area contributed by atoms with E-state index in [1.807, 2.05) is 41.3 Å². The first-order chi connectivity index (χ1) is 16.1. The summed E-state index contributed by atoms with van der Waals surface area (Å²) in [5.74, 6) is 1.50. The number of aromatic nitrogens is 1. The molecule has 1 aliphatic rings. The molecule has 4 aromatic rings. The molecule has 3 aromatic carbocycles. The zero-order valence-electron chi connectivity index (χ0n) is 18.9. The average molecular weight is 457 g/mol. The maximum atomic E-state index is 13.1. The molecule has 0 unspecified atom stereocenters. The molecule has 1 saturated heterocycles. The van der Waals surface area contributed by atoms with Gasteiger partial charge in [0, 0.05) is 24.4 Å². The molecule has 1 amide bonds. The molecule has 1 aliphatic heterocycles. The van der Waals surface area contributed by atoms with E-state index in [-0.39, 0.29) is 5.91 Å². The highest BCUT2D eigenvalue weighted by atomic mass is 32.2. The zero-order chi connectivity index (χ0) is 22.6. The molecule has 0 bridgehead atoms. The third-order valence-corrected chi connectivity index (χ3v) is 7.23. The van der Waals surface area contributed by atoms with Crippen LogP contribution in [0.15, 0.2) is 82.4 Å². The van der Waals surface area contributed by atoms with E-state index in [2.05, 4.69) is 48.3 Å². The van der Waals surface area contributed by atoms with Gasteiger partial charge in [0.25, 0.3) is 11.1 Å². The number of benzene rings is 3. The van der Waals surface area contributed by atoms with Crippen molar-refractivity contribution in [3.05, 3.63) is 95.1 Å². The number of nitrogens with zero attached hydrogens (tertiary/aromatic N) is 2. The van der Waals surface area contributed by atoms with Crippen LogP contribution in [0.5, 0.6) is 0 Å². The predicted octanol–water partition coefficient (Wildman–Crippen LogP) is 6.52. The summed E-state index contributed by atoms with van der Waals surface area (Å²) in [4.78, 5) is 19.7. The van der Waals surface area contributed by atoms with Crippen molar-refractivity contribution in [2.45, 2.75) is 37.2 Å². The van der Waals surface area contributed by atoms with Crippen molar-refractivity contribution in [3.8, 4) is 0 Å². The fourth-order valence-electron chi connectivity index (χ4n) is 4.49. The number of fused-ring (bicyclic) bond motifs is 1. The number of thioether (sulfide) groups is 1. The fraction of sp³-hybridized carbons (Fsp3) is 0.286. The summed E-state index contributed by atoms with van der Waals surface area (Å²) in [6, 6.07) is 24.7. The summed E-state index contributed by atoms with van der Waals surface area (Å²) in [6.07, 6.45) is 3.23. The summed E-state index contributed by atoms with van der Waals surface area (Å²) in [7, 11) is 0. The highest BCUT2D eigenvalue weighted by Crippen LogP contribution is 2.28. The maximum Gasteiger partial charge on any atom is 0.257 e. The molecule has 1 aromatic heterocycles. The van der Waals surface area contributed by atoms with Gasteiger partial charge < -0.3 is 9.32 Å². The first-order valence-electron chi connectivity index (χ1n) is 11.6. The molecule has 5 rings (SSSR count). The minimum atomic E-state index is 0.136. The molecule has 0 atom stereocenters. The van der Waals surface area contributed by atoms with Crippen molar-refractivity contribution >= 4 is 28.8 Å². The third kappa shape index (κ3) is 5.31. The summed E-state index contributed by atoms with van der Waals surface area (Å²) in [5, 5.41) is 0.660. The van der Waals surface area contributed by atoms with Crippen molar-refractivity contribution in [1.82, 2.24) is 9.88 Å². The van der Waals surface area contributed by atoms with Gasteiger partial charge in [0.2, 0.25) is 0 Å². The van der Waals surface area contributed by atoms with E-state index < -0.39 is 0 Å². The SMILES string of the molecule is Cc1ccc2oc(SCc3cccc(C(=O)N4CCC(Cc5ccccc5)CC4)c3)nc2c1. The number of rotatable bonds is 6. The van der Waals surface area contributed by atoms with Gasteiger partial charge >= 0.3 is 0 Å². The van der Waals surface area contributed by atoms with Gasteiger partial charge in [0.05, 0.1) is 0 Å². The second kappa shape index (κ2) is 9.84. The number of likely N-dealkylation sites (tertiary alicyclic amines) is 1. The van der Waals surface area contributed by atoms with E-state index in [1.165, 1.54) is 11.1 Å². The van der Waals surface area contributed by atoms with Gasteiger partial charge in [-0.05, 0) is 73.1 Å². The Balaban J connectivity index is 1.17. The molecule has 0 aliphatic carbocycles. The number of aryl methyl sites for hydroxylation is 1. The number of hydrogen-bond donors (Lipinski definition) is 0. The number of piperidine rings is 1. The summed E-state index contributed by atoms with van der Waals surface area (Å²) in [5.41, 5.74) is 6.12. The fourth-order valence-corrected chi connectivity index (χ4v) is 5.27. The molecule has 4 nitrogen and oxygen atoms in total. The summed E-state index contributed by atoms with van der Waals surface area (Å²) >= 11 is 1.56. The first kappa shape index (κ1) is 21.8. The lowest BCUT2D eigenvalue weighted by Gasteiger charge is -2.32. The lowest BCUT2D eigenvalue weighted by molar-refractivity contribution is 0.0690. The molecule has 2 heterocycles. The molecule has 0 spiro atoms. The van der Waals surface area contributed by atoms with Gasteiger partial charge in [0.1, 0.15) is 5.52 Å². The zero-order valence-corrected chi connectivity index (χ0v) is 19.7. The number of hydrogen-bond acceptors (Lipinski definition) is 4. The standard InChI is InChI=1S/C28H28N2O2S/c1-20-10-11-26-25(16-20)29-28(32-26)33-19-23-8-5-9-24(18-23)27(31)30-14-12-22(13-15-30)17-21-6-3-2-4-7-21/h2-11,16,18,22H,12-15,17,19H2,1H3. The van der Waals surface area contributed by atoms with Crippen LogP contribution < -0.4 is 0 Å². The van der Waals surface area contributed by atoms with Gasteiger partial charge in [0.15, 0.2) is 5.58 Å². The Labute approximate surface area is 199 Å². The number of carbonyl (C=O) groups excluding carboxylic acids is 1. The minimum Gasteiger partial charge on any atom is -0.431 e. The first-order valence-corrected chi connectivity index (χ1v) is 12.5. The Morgan fingerprint density at radius 3 is 2.61 bits per heavy atom. The van der Waals surface area contributed by atoms with Crippen LogP contribution in [0.25, 0.3) is 11.1 Å². The van der Waals surface area contributed by atoms with Crippen molar-refractivity contribution in [2.24, 2.45) is 5.92 Å². The van der Waals surface area contributed by atoms with E-state index in [9.17, 15) is 4.79 Å². The largest absolute Gasteiger partial charge is 0.431 e. The number of carbonyl (C=O) groups is 1. The Kier molecular flexibility index (Phi) is 6.49. The van der Waals surface area contributed by atoms with E-state index >= 15 is 0 Å². The second-order valence-corrected chi connectivity index (χ2v) is 9.79. The van der Waals surface area contributed by atoms with Crippen LogP contribution in [0.4, 0.5) is 0 Å². The molecular weight excluding hydrogens is 428 g/mol. The lowest BCUT2D eigenvalue weighted by Crippen LogP contribution is -2.38. The highest BCUT2D eigenvalue weighted by molar-refractivity contribution is 7.98. The molecule has 168 valence electrons. The van der Waals surface area contributed by atoms with Crippen LogP contribution in [0.2, 0.25) is 0 Å². The van der Waals surface area contributed by atoms with Crippen LogP contribution >= 0.6 is 11.8 Å².